The van der Waals surface area contributed by atoms with Gasteiger partial charge in [-0.1, -0.05) is 47.2 Å². The van der Waals surface area contributed by atoms with Crippen molar-refractivity contribution in [1.29, 1.82) is 0 Å². The van der Waals surface area contributed by atoms with Gasteiger partial charge in [-0.25, -0.2) is 0 Å². The first kappa shape index (κ1) is 12.1. The van der Waals surface area contributed by atoms with Crippen LogP contribution in [0.3, 0.4) is 0 Å². The molecular formula is C12H22SSi. The highest BCUT2D eigenvalue weighted by Crippen LogP contribution is 2.32. The Morgan fingerprint density at radius 3 is 1.86 bits per heavy atom. The van der Waals surface area contributed by atoms with Crippen molar-refractivity contribution in [2.24, 2.45) is 0 Å². The molecule has 0 radical (unpaired) electrons. The molecule has 0 N–H and O–H groups in total. The van der Waals surface area contributed by atoms with Crippen LogP contribution in [0.2, 0.25) is 0 Å². The highest BCUT2D eigenvalue weighted by molar-refractivity contribution is 7.42. The Morgan fingerprint density at radius 2 is 1.57 bits per heavy atom. The first-order valence-electron chi connectivity index (χ1n) is 5.57. The summed E-state index contributed by atoms with van der Waals surface area (Å²) in [6, 6.07) is 0. The molecule has 0 aliphatic rings. The molecule has 0 atom stereocenters. The van der Waals surface area contributed by atoms with Gasteiger partial charge in [0.25, 0.3) is 0 Å². The van der Waals surface area contributed by atoms with Crippen LogP contribution < -0.4 is 0 Å². The van der Waals surface area contributed by atoms with Crippen molar-refractivity contribution in [3.8, 4) is 0 Å². The summed E-state index contributed by atoms with van der Waals surface area (Å²) in [4.78, 5) is 1.67. The van der Waals surface area contributed by atoms with Crippen molar-refractivity contribution < 1.29 is 0 Å². The highest BCUT2D eigenvalue weighted by atomic mass is 32.3. The average Bonchev–Trinajstić information content (AvgIpc) is 2.47. The molecule has 1 aromatic rings. The normalized spacial score (nSPS) is 12.1. The van der Waals surface area contributed by atoms with Gasteiger partial charge in [-0.3, -0.25) is 0 Å². The monoisotopic (exact) mass is 226 g/mol. The molecule has 1 heterocycles. The van der Waals surface area contributed by atoms with Gasteiger partial charge in [-0.2, -0.15) is 10.8 Å². The molecule has 1 rings (SSSR count). The van der Waals surface area contributed by atoms with E-state index in [2.05, 4.69) is 58.0 Å². The second-order valence-corrected chi connectivity index (χ2v) is 9.85. The first-order chi connectivity index (χ1) is 6.43. The van der Waals surface area contributed by atoms with Crippen molar-refractivity contribution in [3.63, 3.8) is 0 Å². The Bertz CT molecular complexity index is 272. The van der Waals surface area contributed by atoms with Gasteiger partial charge in [0.15, 0.2) is 0 Å². The molecule has 80 valence electrons. The maximum Gasteiger partial charge on any atom is 0.111 e. The fourth-order valence-electron chi connectivity index (χ4n) is 1.63. The van der Waals surface area contributed by atoms with Gasteiger partial charge in [0.2, 0.25) is 0 Å². The van der Waals surface area contributed by atoms with E-state index in [0.29, 0.717) is 5.92 Å². The maximum absolute atomic E-state index is 2.60. The molecule has 0 bridgehead atoms. The molecule has 0 fully saturated rings. The van der Waals surface area contributed by atoms with Crippen LogP contribution in [0.25, 0.3) is 0 Å². The van der Waals surface area contributed by atoms with E-state index in [9.17, 15) is 0 Å². The molecule has 0 amide bonds. The molecule has 0 aromatic carbocycles. The van der Waals surface area contributed by atoms with Gasteiger partial charge < -0.3 is 0 Å². The second kappa shape index (κ2) is 4.71. The van der Waals surface area contributed by atoms with Crippen molar-refractivity contribution in [1.82, 2.24) is 0 Å². The molecule has 14 heavy (non-hydrogen) atoms. The summed E-state index contributed by atoms with van der Waals surface area (Å²) in [6.45, 7) is 14.0. The third kappa shape index (κ3) is 2.54. The molecule has 0 saturated heterocycles. The lowest BCUT2D eigenvalue weighted by atomic mass is 10.0. The van der Waals surface area contributed by atoms with Crippen LogP contribution in [0.1, 0.15) is 69.4 Å². The number of hydrogen-bond acceptors (Lipinski definition) is 1. The van der Waals surface area contributed by atoms with Crippen LogP contribution in [0.4, 0.5) is 0 Å². The third-order valence-electron chi connectivity index (χ3n) is 2.53. The summed E-state index contributed by atoms with van der Waals surface area (Å²) >= 11 is 0. The van der Waals surface area contributed by atoms with Crippen LogP contribution in [-0.2, 0) is 0 Å². The fourth-order valence-corrected chi connectivity index (χ4v) is 7.14. The Kier molecular flexibility index (Phi) is 4.08. The topological polar surface area (TPSA) is 0 Å². The lowest BCUT2D eigenvalue weighted by Gasteiger charge is -2.09. The predicted molar refractivity (Wildman–Crippen MR) is 68.8 cm³/mol. The van der Waals surface area contributed by atoms with E-state index in [0.717, 1.165) is 11.5 Å². The van der Waals surface area contributed by atoms with Gasteiger partial charge in [-0.15, -0.1) is 0 Å². The summed E-state index contributed by atoms with van der Waals surface area (Å²) in [5, 5.41) is 0. The summed E-state index contributed by atoms with van der Waals surface area (Å²) in [5.74, 6) is 1.43. The van der Waals surface area contributed by atoms with Gasteiger partial charge in [0.05, 0.1) is 0 Å². The van der Waals surface area contributed by atoms with Gasteiger partial charge in [-0.05, 0) is 22.9 Å². The zero-order valence-electron chi connectivity index (χ0n) is 10.2. The van der Waals surface area contributed by atoms with E-state index in [-0.39, 0.29) is 7.52 Å². The lowest BCUT2D eigenvalue weighted by molar-refractivity contribution is 0.810. The summed E-state index contributed by atoms with van der Waals surface area (Å²) < 4.78 is 0. The lowest BCUT2D eigenvalue weighted by Crippen LogP contribution is -1.96. The summed E-state index contributed by atoms with van der Waals surface area (Å²) in [5.41, 5.74) is 5.10. The quantitative estimate of drug-likeness (QED) is 0.661. The van der Waals surface area contributed by atoms with E-state index >= 15 is 0 Å². The zero-order valence-corrected chi connectivity index (χ0v) is 12.0. The Hall–Kier alpha value is 0.0469. The van der Waals surface area contributed by atoms with Gasteiger partial charge >= 0.3 is 0 Å². The molecule has 2 heteroatoms. The van der Waals surface area contributed by atoms with Crippen molar-refractivity contribution >= 4 is 18.3 Å². The van der Waals surface area contributed by atoms with Crippen LogP contribution in [-0.4, -0.2) is 7.52 Å². The summed E-state index contributed by atoms with van der Waals surface area (Å²) in [7, 11) is 1.89. The van der Waals surface area contributed by atoms with Gasteiger partial charge in [0, 0.05) is 4.88 Å². The number of hydrogen-bond donors (Lipinski definition) is 0. The minimum Gasteiger partial charge on any atom is -0.182 e. The third-order valence-corrected chi connectivity index (χ3v) is 8.56. The maximum atomic E-state index is 2.60. The fraction of sp³-hybridized carbons (Fsp3) is 0.750. The standard InChI is InChI=1S/C12H22SSi/c1-8(2)11-7-14(10(5)6)13-12(11)9(3)4/h7-10H,1-6H3. The molecule has 0 aliphatic heterocycles. The molecule has 0 aliphatic carbocycles. The second-order valence-electron chi connectivity index (χ2n) is 4.93. The van der Waals surface area contributed by atoms with Crippen LogP contribution in [0.5, 0.6) is 0 Å². The summed E-state index contributed by atoms with van der Waals surface area (Å²) in [6.07, 6.45) is 0. The van der Waals surface area contributed by atoms with Crippen LogP contribution in [0.15, 0.2) is 5.68 Å². The van der Waals surface area contributed by atoms with E-state index in [1.807, 2.05) is 0 Å². The molecule has 1 aromatic heterocycles. The first-order valence-corrected chi connectivity index (χ1v) is 8.76. The SMILES string of the molecule is CC(C)c1c[si](C(C)C)sc1C(C)C. The average molecular weight is 226 g/mol. The Morgan fingerprint density at radius 1 is 1.00 bits per heavy atom. The Balaban J connectivity index is 3.12. The minimum atomic E-state index is -0.297. The van der Waals surface area contributed by atoms with Crippen LogP contribution >= 0.6 is 10.8 Å². The van der Waals surface area contributed by atoms with Gasteiger partial charge in [0.1, 0.15) is 7.52 Å². The number of rotatable bonds is 3. The van der Waals surface area contributed by atoms with E-state index in [4.69, 9.17) is 0 Å². The Labute approximate surface area is 93.5 Å². The van der Waals surface area contributed by atoms with E-state index in [1.165, 1.54) is 0 Å². The molecule has 0 saturated carbocycles. The molecule has 0 nitrogen and oxygen atoms in total. The van der Waals surface area contributed by atoms with Crippen LogP contribution in [0, 0.1) is 0 Å². The minimum absolute atomic E-state index is 0.297. The van der Waals surface area contributed by atoms with E-state index < -0.39 is 0 Å². The zero-order chi connectivity index (χ0) is 10.9. The molecule has 0 unspecified atom stereocenters. The van der Waals surface area contributed by atoms with Crippen molar-refractivity contribution in [3.05, 3.63) is 16.1 Å². The largest absolute Gasteiger partial charge is 0.182 e. The molecular weight excluding hydrogens is 204 g/mol. The predicted octanol–water partition coefficient (Wildman–Crippen LogP) is 4.60. The highest BCUT2D eigenvalue weighted by Gasteiger charge is 2.16. The smallest absolute Gasteiger partial charge is 0.111 e. The molecule has 0 spiro atoms. The van der Waals surface area contributed by atoms with Crippen molar-refractivity contribution in [2.45, 2.75) is 58.9 Å². The van der Waals surface area contributed by atoms with Crippen molar-refractivity contribution in [2.75, 3.05) is 0 Å². The van der Waals surface area contributed by atoms with E-state index in [1.54, 1.807) is 10.4 Å².